The van der Waals surface area contributed by atoms with E-state index in [0.717, 1.165) is 31.7 Å². The van der Waals surface area contributed by atoms with Crippen LogP contribution >= 0.6 is 0 Å². The molecular formula is C18H20F4N6O4. The van der Waals surface area contributed by atoms with Gasteiger partial charge in [0.25, 0.3) is 5.91 Å². The van der Waals surface area contributed by atoms with Crippen LogP contribution in [0.2, 0.25) is 0 Å². The predicted octanol–water partition coefficient (Wildman–Crippen LogP) is 1.85. The van der Waals surface area contributed by atoms with E-state index in [1.165, 1.54) is 12.5 Å². The maximum absolute atomic E-state index is 12.9. The number of nitrogens with one attached hydrogen (secondary N) is 2. The van der Waals surface area contributed by atoms with Gasteiger partial charge in [-0.2, -0.15) is 13.2 Å². The van der Waals surface area contributed by atoms with Crippen molar-refractivity contribution < 1.29 is 37.0 Å². The number of hydrogen-bond donors (Lipinski definition) is 3. The average Bonchev–Trinajstić information content (AvgIpc) is 3.40. The number of halogens is 4. The maximum Gasteiger partial charge on any atom is 0.490 e. The fourth-order valence-electron chi connectivity index (χ4n) is 3.61. The normalized spacial score (nSPS) is 22.9. The van der Waals surface area contributed by atoms with Crippen LogP contribution in [0.1, 0.15) is 29.8 Å². The lowest BCUT2D eigenvalue weighted by Gasteiger charge is -2.39. The Bertz CT molecular complexity index is 925. The first-order chi connectivity index (χ1) is 15.1. The minimum atomic E-state index is -5.08. The molecule has 2 fully saturated rings. The van der Waals surface area contributed by atoms with Crippen molar-refractivity contribution >= 4 is 17.8 Å². The Kier molecular flexibility index (Phi) is 6.91. The van der Waals surface area contributed by atoms with Crippen molar-refractivity contribution in [1.29, 1.82) is 0 Å². The number of nitrogens with zero attached hydrogens (tertiary/aromatic N) is 4. The summed E-state index contributed by atoms with van der Waals surface area (Å²) in [6, 6.07) is 0.0349. The molecule has 10 nitrogen and oxygen atoms in total. The topological polar surface area (TPSA) is 133 Å². The first-order valence-corrected chi connectivity index (χ1v) is 9.54. The number of carboxylic acid groups (broad SMARTS) is 1. The third-order valence-corrected chi connectivity index (χ3v) is 4.96. The number of carbonyl (C=O) groups excluding carboxylic acids is 1. The van der Waals surface area contributed by atoms with Crippen molar-refractivity contribution in [2.75, 3.05) is 25.0 Å². The maximum atomic E-state index is 12.9. The minimum Gasteiger partial charge on any atom is -0.475 e. The smallest absolute Gasteiger partial charge is 0.475 e. The number of hydrogen-bond acceptors (Lipinski definition) is 7. The van der Waals surface area contributed by atoms with Crippen molar-refractivity contribution in [3.63, 3.8) is 0 Å². The SMILES string of the molecule is O=C(O)C(F)(F)F.O=C(c1cnc[nH]1)N1CCCC2(CC(Nc3ncc(F)cn3)CO2)C1. The fourth-order valence-corrected chi connectivity index (χ4v) is 3.61. The van der Waals surface area contributed by atoms with Gasteiger partial charge in [0.2, 0.25) is 5.95 Å². The molecule has 2 atom stereocenters. The van der Waals surface area contributed by atoms with Crippen LogP contribution in [0.5, 0.6) is 0 Å². The molecule has 4 heterocycles. The van der Waals surface area contributed by atoms with E-state index in [1.807, 2.05) is 4.90 Å². The molecular weight excluding hydrogens is 440 g/mol. The molecule has 2 aromatic rings. The molecule has 2 saturated heterocycles. The molecule has 1 amide bonds. The fraction of sp³-hybridized carbons (Fsp3) is 0.500. The lowest BCUT2D eigenvalue weighted by molar-refractivity contribution is -0.192. The van der Waals surface area contributed by atoms with E-state index in [9.17, 15) is 22.4 Å². The van der Waals surface area contributed by atoms with Gasteiger partial charge in [-0.25, -0.2) is 24.1 Å². The van der Waals surface area contributed by atoms with Gasteiger partial charge in [0, 0.05) is 13.0 Å². The standard InChI is InChI=1S/C16H19FN6O2.C2HF3O2/c17-11-5-19-15(20-6-11)22-12-4-16(25-8-12)2-1-3-23(9-16)14(24)13-7-18-10-21-13;3-2(4,5)1(6)7/h5-7,10,12H,1-4,8-9H2,(H,18,21)(H,19,20,22);(H,6,7). The quantitative estimate of drug-likeness (QED) is 0.591. The first-order valence-electron chi connectivity index (χ1n) is 9.54. The van der Waals surface area contributed by atoms with Gasteiger partial charge in [0.15, 0.2) is 5.82 Å². The number of imidazole rings is 1. The zero-order valence-electron chi connectivity index (χ0n) is 16.6. The van der Waals surface area contributed by atoms with Gasteiger partial charge in [0.05, 0.1) is 49.7 Å². The largest absolute Gasteiger partial charge is 0.490 e. The summed E-state index contributed by atoms with van der Waals surface area (Å²) in [7, 11) is 0. The number of amides is 1. The molecule has 0 aliphatic carbocycles. The van der Waals surface area contributed by atoms with E-state index < -0.39 is 18.0 Å². The Morgan fingerprint density at radius 3 is 2.56 bits per heavy atom. The van der Waals surface area contributed by atoms with Gasteiger partial charge in [0.1, 0.15) is 5.69 Å². The van der Waals surface area contributed by atoms with Crippen LogP contribution in [0.4, 0.5) is 23.5 Å². The second-order valence-corrected chi connectivity index (χ2v) is 7.36. The highest BCUT2D eigenvalue weighted by atomic mass is 19.4. The van der Waals surface area contributed by atoms with Gasteiger partial charge in [-0.1, -0.05) is 0 Å². The highest BCUT2D eigenvalue weighted by Gasteiger charge is 2.45. The van der Waals surface area contributed by atoms with Crippen LogP contribution in [-0.4, -0.2) is 79.3 Å². The van der Waals surface area contributed by atoms with Gasteiger partial charge in [-0.15, -0.1) is 0 Å². The predicted molar refractivity (Wildman–Crippen MR) is 100 cm³/mol. The average molecular weight is 460 g/mol. The highest BCUT2D eigenvalue weighted by Crippen LogP contribution is 2.35. The zero-order valence-corrected chi connectivity index (χ0v) is 16.6. The summed E-state index contributed by atoms with van der Waals surface area (Å²) in [6.07, 6.45) is 2.76. The third-order valence-electron chi connectivity index (χ3n) is 4.96. The summed E-state index contributed by atoms with van der Waals surface area (Å²) in [5.74, 6) is -2.90. The molecule has 0 saturated carbocycles. The summed E-state index contributed by atoms with van der Waals surface area (Å²) < 4.78 is 50.7. The number of ether oxygens (including phenoxy) is 1. The second kappa shape index (κ2) is 9.46. The van der Waals surface area contributed by atoms with Crippen molar-refractivity contribution in [2.24, 2.45) is 0 Å². The van der Waals surface area contributed by atoms with E-state index in [2.05, 4.69) is 25.3 Å². The van der Waals surface area contributed by atoms with E-state index in [4.69, 9.17) is 14.6 Å². The van der Waals surface area contributed by atoms with Crippen LogP contribution in [0.15, 0.2) is 24.9 Å². The van der Waals surface area contributed by atoms with Gasteiger partial charge in [-0.3, -0.25) is 4.79 Å². The Balaban J connectivity index is 0.000000360. The summed E-state index contributed by atoms with van der Waals surface area (Å²) in [6.45, 7) is 1.77. The number of piperidine rings is 1. The van der Waals surface area contributed by atoms with Crippen LogP contribution in [0.25, 0.3) is 0 Å². The van der Waals surface area contributed by atoms with Gasteiger partial charge >= 0.3 is 12.1 Å². The molecule has 4 rings (SSSR count). The lowest BCUT2D eigenvalue weighted by Crippen LogP contribution is -2.50. The molecule has 3 N–H and O–H groups in total. The Morgan fingerprint density at radius 1 is 1.28 bits per heavy atom. The van der Waals surface area contributed by atoms with Crippen molar-refractivity contribution in [3.8, 4) is 0 Å². The van der Waals surface area contributed by atoms with Crippen LogP contribution in [0.3, 0.4) is 0 Å². The van der Waals surface area contributed by atoms with E-state index in [1.54, 1.807) is 0 Å². The molecule has 2 aromatic heterocycles. The highest BCUT2D eigenvalue weighted by molar-refractivity contribution is 5.92. The summed E-state index contributed by atoms with van der Waals surface area (Å²) in [4.78, 5) is 37.9. The molecule has 2 aliphatic rings. The van der Waals surface area contributed by atoms with E-state index in [-0.39, 0.29) is 17.6 Å². The van der Waals surface area contributed by atoms with Gasteiger partial charge < -0.3 is 25.0 Å². The molecule has 2 unspecified atom stereocenters. The molecule has 0 aromatic carbocycles. The first kappa shape index (κ1) is 23.4. The lowest BCUT2D eigenvalue weighted by atomic mass is 9.88. The number of aromatic nitrogens is 4. The molecule has 174 valence electrons. The number of carbonyl (C=O) groups is 2. The zero-order chi connectivity index (χ0) is 23.4. The van der Waals surface area contributed by atoms with Crippen LogP contribution < -0.4 is 5.32 Å². The Morgan fingerprint density at radius 2 is 1.97 bits per heavy atom. The summed E-state index contributed by atoms with van der Waals surface area (Å²) >= 11 is 0. The Labute approximate surface area is 179 Å². The number of rotatable bonds is 3. The van der Waals surface area contributed by atoms with Crippen molar-refractivity contribution in [1.82, 2.24) is 24.8 Å². The third kappa shape index (κ3) is 5.90. The van der Waals surface area contributed by atoms with E-state index >= 15 is 0 Å². The van der Waals surface area contributed by atoms with Crippen LogP contribution in [0, 0.1) is 5.82 Å². The van der Waals surface area contributed by atoms with Crippen molar-refractivity contribution in [2.45, 2.75) is 37.1 Å². The molecule has 14 heteroatoms. The number of H-pyrrole nitrogens is 1. The molecule has 0 bridgehead atoms. The monoisotopic (exact) mass is 460 g/mol. The minimum absolute atomic E-state index is 0.0349. The Hall–Kier alpha value is -3.29. The van der Waals surface area contributed by atoms with E-state index in [0.29, 0.717) is 31.3 Å². The molecule has 1 spiro atoms. The number of aromatic amines is 1. The number of carboxylic acids is 1. The van der Waals surface area contributed by atoms with Gasteiger partial charge in [-0.05, 0) is 12.8 Å². The number of aliphatic carboxylic acids is 1. The summed E-state index contributed by atoms with van der Waals surface area (Å²) in [5.41, 5.74) is 0.135. The number of anilines is 1. The summed E-state index contributed by atoms with van der Waals surface area (Å²) in [5, 5.41) is 10.3. The van der Waals surface area contributed by atoms with Crippen LogP contribution in [-0.2, 0) is 9.53 Å². The molecule has 32 heavy (non-hydrogen) atoms. The van der Waals surface area contributed by atoms with Crippen molar-refractivity contribution in [3.05, 3.63) is 36.4 Å². The second-order valence-electron chi connectivity index (χ2n) is 7.36. The number of alkyl halides is 3. The molecule has 0 radical (unpaired) electrons. The molecule has 2 aliphatic heterocycles. The number of likely N-dealkylation sites (tertiary alicyclic amines) is 1.